The lowest BCUT2D eigenvalue weighted by molar-refractivity contribution is 0.454. The van der Waals surface area contributed by atoms with E-state index >= 15 is 0 Å². The maximum absolute atomic E-state index is 3.66. The van der Waals surface area contributed by atoms with E-state index in [-0.39, 0.29) is 0 Å². The average Bonchev–Trinajstić information content (AvgIpc) is 2.77. The van der Waals surface area contributed by atoms with E-state index in [0.717, 1.165) is 19.5 Å². The number of hydrogen-bond acceptors (Lipinski definition) is 1. The number of hydrogen-bond donors (Lipinski definition) is 2. The Morgan fingerprint density at radius 2 is 2.00 bits per heavy atom. The first kappa shape index (κ1) is 11.8. The zero-order chi connectivity index (χ0) is 12.5. The Morgan fingerprint density at radius 1 is 1.22 bits per heavy atom. The molecule has 1 aliphatic heterocycles. The van der Waals surface area contributed by atoms with Crippen molar-refractivity contribution in [1.29, 1.82) is 0 Å². The van der Waals surface area contributed by atoms with Crippen molar-refractivity contribution in [2.24, 2.45) is 0 Å². The van der Waals surface area contributed by atoms with E-state index in [2.05, 4.69) is 42.3 Å². The summed E-state index contributed by atoms with van der Waals surface area (Å²) in [6.07, 6.45) is 3.63. The summed E-state index contributed by atoms with van der Waals surface area (Å²) in [4.78, 5) is 3.66. The summed E-state index contributed by atoms with van der Waals surface area (Å²) in [5.74, 6) is 0.712. The Hall–Kier alpha value is -1.28. The monoisotopic (exact) mass is 242 g/mol. The van der Waals surface area contributed by atoms with Crippen molar-refractivity contribution < 1.29 is 0 Å². The van der Waals surface area contributed by atoms with Gasteiger partial charge in [-0.2, -0.15) is 0 Å². The maximum atomic E-state index is 3.66. The molecule has 0 spiro atoms. The predicted octanol–water partition coefficient (Wildman–Crippen LogP) is 3.51. The summed E-state index contributed by atoms with van der Waals surface area (Å²) in [5, 5.41) is 4.86. The fraction of sp³-hybridized carbons (Fsp3) is 0.500. The molecule has 0 amide bonds. The molecule has 0 bridgehead atoms. The maximum Gasteiger partial charge on any atom is 0.0459 e. The number of rotatable bonds is 2. The lowest BCUT2D eigenvalue weighted by Gasteiger charge is -2.22. The number of aromatic nitrogens is 1. The second-order valence-corrected chi connectivity index (χ2v) is 5.42. The van der Waals surface area contributed by atoms with Crippen LogP contribution >= 0.6 is 0 Å². The zero-order valence-corrected chi connectivity index (χ0v) is 11.3. The van der Waals surface area contributed by atoms with Gasteiger partial charge in [0, 0.05) is 22.5 Å². The highest BCUT2D eigenvalue weighted by Gasteiger charge is 2.19. The third-order valence-corrected chi connectivity index (χ3v) is 4.32. The van der Waals surface area contributed by atoms with Gasteiger partial charge in [0.2, 0.25) is 0 Å². The van der Waals surface area contributed by atoms with Crippen molar-refractivity contribution in [1.82, 2.24) is 10.3 Å². The third kappa shape index (κ3) is 1.95. The van der Waals surface area contributed by atoms with Gasteiger partial charge in [-0.25, -0.2) is 0 Å². The number of benzene rings is 1. The van der Waals surface area contributed by atoms with E-state index in [9.17, 15) is 0 Å². The highest BCUT2D eigenvalue weighted by Crippen LogP contribution is 2.32. The Bertz CT molecular complexity index is 547. The van der Waals surface area contributed by atoms with Gasteiger partial charge in [0.05, 0.1) is 0 Å². The van der Waals surface area contributed by atoms with Crippen molar-refractivity contribution >= 4 is 10.9 Å². The highest BCUT2D eigenvalue weighted by molar-refractivity contribution is 5.85. The minimum Gasteiger partial charge on any atom is -0.358 e. The van der Waals surface area contributed by atoms with Crippen LogP contribution in [0.3, 0.4) is 0 Å². The minimum atomic E-state index is 0.712. The number of fused-ring (bicyclic) bond motifs is 1. The van der Waals surface area contributed by atoms with Crippen molar-refractivity contribution in [3.05, 3.63) is 35.0 Å². The molecule has 2 aromatic rings. The number of aromatic amines is 1. The van der Waals surface area contributed by atoms with E-state index in [1.807, 2.05) is 0 Å². The number of H-pyrrole nitrogens is 1. The van der Waals surface area contributed by atoms with Crippen LogP contribution in [0.4, 0.5) is 0 Å². The summed E-state index contributed by atoms with van der Waals surface area (Å²) in [5.41, 5.74) is 5.67. The van der Waals surface area contributed by atoms with E-state index in [1.165, 1.54) is 40.6 Å². The molecule has 18 heavy (non-hydrogen) atoms. The molecule has 2 heterocycles. The molecule has 2 nitrogen and oxygen atoms in total. The molecule has 0 radical (unpaired) electrons. The SMILES string of the molecule is CCc1ccc2[nH]c(C3CCNCC3)c(C)c2c1. The van der Waals surface area contributed by atoms with E-state index < -0.39 is 0 Å². The number of piperidine rings is 1. The third-order valence-electron chi connectivity index (χ3n) is 4.32. The molecule has 3 rings (SSSR count). The molecular weight excluding hydrogens is 220 g/mol. The van der Waals surface area contributed by atoms with Crippen LogP contribution in [0, 0.1) is 6.92 Å². The van der Waals surface area contributed by atoms with Crippen LogP contribution < -0.4 is 5.32 Å². The molecular formula is C16H22N2. The molecule has 2 N–H and O–H groups in total. The van der Waals surface area contributed by atoms with E-state index in [4.69, 9.17) is 0 Å². The quantitative estimate of drug-likeness (QED) is 0.828. The fourth-order valence-electron chi connectivity index (χ4n) is 3.13. The first-order valence-electron chi connectivity index (χ1n) is 7.11. The van der Waals surface area contributed by atoms with Gasteiger partial charge in [-0.3, -0.25) is 0 Å². The summed E-state index contributed by atoms with van der Waals surface area (Å²) in [7, 11) is 0. The topological polar surface area (TPSA) is 27.8 Å². The second kappa shape index (κ2) is 4.77. The molecule has 1 fully saturated rings. The second-order valence-electron chi connectivity index (χ2n) is 5.42. The Balaban J connectivity index is 2.04. The molecule has 1 aliphatic rings. The lowest BCUT2D eigenvalue weighted by atomic mass is 9.92. The van der Waals surface area contributed by atoms with Crippen molar-refractivity contribution in [3.8, 4) is 0 Å². The van der Waals surface area contributed by atoms with Crippen molar-refractivity contribution in [3.63, 3.8) is 0 Å². The molecule has 1 saturated heterocycles. The molecule has 0 saturated carbocycles. The van der Waals surface area contributed by atoms with Gasteiger partial charge < -0.3 is 10.3 Å². The predicted molar refractivity (Wildman–Crippen MR) is 77.3 cm³/mol. The summed E-state index contributed by atoms with van der Waals surface area (Å²) < 4.78 is 0. The first-order valence-corrected chi connectivity index (χ1v) is 7.11. The first-order chi connectivity index (χ1) is 8.79. The smallest absolute Gasteiger partial charge is 0.0459 e. The summed E-state index contributed by atoms with van der Waals surface area (Å²) in [6, 6.07) is 6.84. The summed E-state index contributed by atoms with van der Waals surface area (Å²) in [6.45, 7) is 6.80. The standard InChI is InChI=1S/C16H22N2/c1-3-12-4-5-15-14(10-12)11(2)16(18-15)13-6-8-17-9-7-13/h4-5,10,13,17-18H,3,6-9H2,1-2H3. The van der Waals surface area contributed by atoms with Gasteiger partial charge in [-0.1, -0.05) is 13.0 Å². The van der Waals surface area contributed by atoms with Crippen LogP contribution in [0.15, 0.2) is 18.2 Å². The van der Waals surface area contributed by atoms with Crippen LogP contribution in [0.25, 0.3) is 10.9 Å². The molecule has 0 unspecified atom stereocenters. The van der Waals surface area contributed by atoms with Crippen molar-refractivity contribution in [2.45, 2.75) is 39.0 Å². The summed E-state index contributed by atoms with van der Waals surface area (Å²) >= 11 is 0. The molecule has 0 aliphatic carbocycles. The molecule has 2 heteroatoms. The van der Waals surface area contributed by atoms with Crippen LogP contribution in [-0.2, 0) is 6.42 Å². The van der Waals surface area contributed by atoms with Gasteiger partial charge in [0.25, 0.3) is 0 Å². The van der Waals surface area contributed by atoms with Crippen LogP contribution in [0.2, 0.25) is 0 Å². The fourth-order valence-corrected chi connectivity index (χ4v) is 3.13. The normalized spacial score (nSPS) is 17.4. The van der Waals surface area contributed by atoms with Gasteiger partial charge >= 0.3 is 0 Å². The van der Waals surface area contributed by atoms with Gasteiger partial charge in [-0.05, 0) is 62.5 Å². The van der Waals surface area contributed by atoms with Crippen LogP contribution in [0.1, 0.15) is 42.5 Å². The zero-order valence-electron chi connectivity index (χ0n) is 11.3. The number of nitrogens with one attached hydrogen (secondary N) is 2. The van der Waals surface area contributed by atoms with Gasteiger partial charge in [0.1, 0.15) is 0 Å². The molecule has 96 valence electrons. The Labute approximate surface area is 109 Å². The highest BCUT2D eigenvalue weighted by atomic mass is 14.9. The van der Waals surface area contributed by atoms with E-state index in [1.54, 1.807) is 0 Å². The molecule has 1 aromatic heterocycles. The Kier molecular flexibility index (Phi) is 3.13. The van der Waals surface area contributed by atoms with Crippen LogP contribution in [-0.4, -0.2) is 18.1 Å². The minimum absolute atomic E-state index is 0.712. The average molecular weight is 242 g/mol. The molecule has 1 aromatic carbocycles. The largest absolute Gasteiger partial charge is 0.358 e. The van der Waals surface area contributed by atoms with Gasteiger partial charge in [0.15, 0.2) is 0 Å². The van der Waals surface area contributed by atoms with Crippen LogP contribution in [0.5, 0.6) is 0 Å². The number of aryl methyl sites for hydroxylation is 2. The Morgan fingerprint density at radius 3 is 2.72 bits per heavy atom. The van der Waals surface area contributed by atoms with Crippen molar-refractivity contribution in [2.75, 3.05) is 13.1 Å². The molecule has 0 atom stereocenters. The lowest BCUT2D eigenvalue weighted by Crippen LogP contribution is -2.27. The van der Waals surface area contributed by atoms with Gasteiger partial charge in [-0.15, -0.1) is 0 Å². The van der Waals surface area contributed by atoms with E-state index in [0.29, 0.717) is 5.92 Å².